The molecule has 0 unspecified atom stereocenters. The van der Waals surface area contributed by atoms with Gasteiger partial charge in [0, 0.05) is 24.5 Å². The zero-order valence-corrected chi connectivity index (χ0v) is 7.44. The van der Waals surface area contributed by atoms with Crippen LogP contribution in [0.5, 0.6) is 0 Å². The second-order valence-corrected chi connectivity index (χ2v) is 2.34. The molecule has 0 aliphatic carbocycles. The van der Waals surface area contributed by atoms with Crippen LogP contribution in [0.4, 0.5) is 0 Å². The number of rotatable bonds is 1. The SMILES string of the molecule is CCC#CC(=O)ON1C(=O)C=CC1=O. The number of carbonyl (C=O) groups excluding carboxylic acids is 3. The highest BCUT2D eigenvalue weighted by Gasteiger charge is 2.27. The Labute approximate surface area is 80.3 Å². The Morgan fingerprint density at radius 2 is 2.00 bits per heavy atom. The second kappa shape index (κ2) is 4.23. The van der Waals surface area contributed by atoms with Crippen LogP contribution in [-0.4, -0.2) is 22.8 Å². The predicted octanol–water partition coefficient (Wildman–Crippen LogP) is -0.217. The van der Waals surface area contributed by atoms with Crippen LogP contribution in [0.15, 0.2) is 12.2 Å². The predicted molar refractivity (Wildman–Crippen MR) is 45.2 cm³/mol. The number of imide groups is 1. The first-order chi connectivity index (χ1) is 6.65. The van der Waals surface area contributed by atoms with Crippen LogP contribution in [-0.2, 0) is 19.2 Å². The summed E-state index contributed by atoms with van der Waals surface area (Å²) in [6.45, 7) is 1.76. The number of carbonyl (C=O) groups is 3. The minimum absolute atomic E-state index is 0.368. The van der Waals surface area contributed by atoms with Crippen molar-refractivity contribution in [1.29, 1.82) is 0 Å². The largest absolute Gasteiger partial charge is 0.409 e. The van der Waals surface area contributed by atoms with Crippen molar-refractivity contribution in [2.45, 2.75) is 13.3 Å². The fourth-order valence-corrected chi connectivity index (χ4v) is 0.743. The van der Waals surface area contributed by atoms with Gasteiger partial charge in [-0.25, -0.2) is 4.79 Å². The van der Waals surface area contributed by atoms with Gasteiger partial charge in [-0.15, -0.1) is 0 Å². The number of hydrogen-bond acceptors (Lipinski definition) is 4. The molecule has 0 bridgehead atoms. The molecule has 5 heteroatoms. The summed E-state index contributed by atoms with van der Waals surface area (Å²) in [5.74, 6) is 2.30. The Balaban J connectivity index is 2.57. The molecule has 1 aliphatic rings. The first-order valence-electron chi connectivity index (χ1n) is 3.92. The van der Waals surface area contributed by atoms with Gasteiger partial charge in [0.2, 0.25) is 0 Å². The van der Waals surface area contributed by atoms with Gasteiger partial charge in [0.1, 0.15) is 0 Å². The topological polar surface area (TPSA) is 63.7 Å². The fraction of sp³-hybridized carbons (Fsp3) is 0.222. The van der Waals surface area contributed by atoms with Gasteiger partial charge in [0.05, 0.1) is 0 Å². The van der Waals surface area contributed by atoms with Crippen LogP contribution >= 0.6 is 0 Å². The molecule has 1 aliphatic heterocycles. The monoisotopic (exact) mass is 193 g/mol. The van der Waals surface area contributed by atoms with Crippen molar-refractivity contribution in [3.8, 4) is 11.8 Å². The van der Waals surface area contributed by atoms with Crippen molar-refractivity contribution in [3.63, 3.8) is 0 Å². The molecular formula is C9H7NO4. The van der Waals surface area contributed by atoms with Crippen molar-refractivity contribution in [1.82, 2.24) is 5.06 Å². The van der Waals surface area contributed by atoms with E-state index in [-0.39, 0.29) is 0 Å². The molecule has 0 fully saturated rings. The Bertz CT molecular complexity index is 354. The van der Waals surface area contributed by atoms with Gasteiger partial charge in [-0.05, 0) is 0 Å². The average Bonchev–Trinajstić information content (AvgIpc) is 2.46. The Morgan fingerprint density at radius 3 is 2.50 bits per heavy atom. The van der Waals surface area contributed by atoms with Crippen LogP contribution in [0.1, 0.15) is 13.3 Å². The average molecular weight is 193 g/mol. The third kappa shape index (κ3) is 2.20. The van der Waals surface area contributed by atoms with Crippen LogP contribution in [0, 0.1) is 11.8 Å². The molecule has 0 aromatic carbocycles. The maximum absolute atomic E-state index is 10.9. The van der Waals surface area contributed by atoms with E-state index in [2.05, 4.69) is 16.7 Å². The van der Waals surface area contributed by atoms with Crippen LogP contribution in [0.25, 0.3) is 0 Å². The van der Waals surface area contributed by atoms with Gasteiger partial charge >= 0.3 is 5.97 Å². The minimum Gasteiger partial charge on any atom is -0.317 e. The lowest BCUT2D eigenvalue weighted by molar-refractivity contribution is -0.191. The molecule has 5 nitrogen and oxygen atoms in total. The van der Waals surface area contributed by atoms with E-state index in [4.69, 9.17) is 0 Å². The van der Waals surface area contributed by atoms with E-state index in [1.807, 2.05) is 0 Å². The summed E-state index contributed by atoms with van der Waals surface area (Å²) >= 11 is 0. The molecular weight excluding hydrogens is 186 g/mol. The summed E-state index contributed by atoms with van der Waals surface area (Å²) in [5, 5.41) is 0.368. The van der Waals surface area contributed by atoms with E-state index in [1.54, 1.807) is 6.92 Å². The van der Waals surface area contributed by atoms with Crippen molar-refractivity contribution >= 4 is 17.8 Å². The zero-order valence-electron chi connectivity index (χ0n) is 7.44. The van der Waals surface area contributed by atoms with Crippen molar-refractivity contribution in [3.05, 3.63) is 12.2 Å². The summed E-state index contributed by atoms with van der Waals surface area (Å²) in [6, 6.07) is 0. The van der Waals surface area contributed by atoms with E-state index in [0.29, 0.717) is 11.5 Å². The summed E-state index contributed by atoms with van der Waals surface area (Å²) in [4.78, 5) is 37.1. The normalized spacial score (nSPS) is 13.9. The molecule has 1 heterocycles. The molecule has 0 aromatic heterocycles. The summed E-state index contributed by atoms with van der Waals surface area (Å²) in [5.41, 5.74) is 0. The van der Waals surface area contributed by atoms with Gasteiger partial charge in [-0.2, -0.15) is 0 Å². The molecule has 0 atom stereocenters. The molecule has 2 amide bonds. The molecule has 0 aromatic rings. The van der Waals surface area contributed by atoms with Crippen molar-refractivity contribution in [2.24, 2.45) is 0 Å². The Morgan fingerprint density at radius 1 is 1.43 bits per heavy atom. The van der Waals surface area contributed by atoms with Crippen LogP contribution in [0.2, 0.25) is 0 Å². The molecule has 0 saturated carbocycles. The van der Waals surface area contributed by atoms with Crippen LogP contribution in [0.3, 0.4) is 0 Å². The molecule has 0 saturated heterocycles. The highest BCUT2D eigenvalue weighted by atomic mass is 16.7. The summed E-state index contributed by atoms with van der Waals surface area (Å²) < 4.78 is 0. The van der Waals surface area contributed by atoms with E-state index < -0.39 is 17.8 Å². The van der Waals surface area contributed by atoms with Gasteiger partial charge < -0.3 is 4.84 Å². The molecule has 14 heavy (non-hydrogen) atoms. The summed E-state index contributed by atoms with van der Waals surface area (Å²) in [7, 11) is 0. The smallest absolute Gasteiger partial charge is 0.317 e. The highest BCUT2D eigenvalue weighted by Crippen LogP contribution is 2.03. The van der Waals surface area contributed by atoms with Crippen molar-refractivity contribution < 1.29 is 19.2 Å². The number of amides is 2. The van der Waals surface area contributed by atoms with Crippen LogP contribution < -0.4 is 0 Å². The molecule has 0 radical (unpaired) electrons. The lowest BCUT2D eigenvalue weighted by atomic mass is 10.5. The maximum Gasteiger partial charge on any atom is 0.409 e. The Kier molecular flexibility index (Phi) is 3.02. The lowest BCUT2D eigenvalue weighted by Crippen LogP contribution is -2.32. The third-order valence-electron chi connectivity index (χ3n) is 1.31. The molecule has 1 rings (SSSR count). The van der Waals surface area contributed by atoms with E-state index in [1.165, 1.54) is 0 Å². The Hall–Kier alpha value is -2.09. The van der Waals surface area contributed by atoms with E-state index >= 15 is 0 Å². The van der Waals surface area contributed by atoms with Gasteiger partial charge in [0.15, 0.2) is 0 Å². The number of nitrogens with zero attached hydrogens (tertiary/aromatic N) is 1. The van der Waals surface area contributed by atoms with Gasteiger partial charge in [-0.3, -0.25) is 9.59 Å². The van der Waals surface area contributed by atoms with Crippen molar-refractivity contribution in [2.75, 3.05) is 0 Å². The number of hydroxylamine groups is 2. The van der Waals surface area contributed by atoms with E-state index in [0.717, 1.165) is 12.2 Å². The first kappa shape index (κ1) is 9.99. The molecule has 0 N–H and O–H groups in total. The first-order valence-corrected chi connectivity index (χ1v) is 3.92. The minimum atomic E-state index is -0.919. The zero-order chi connectivity index (χ0) is 10.6. The van der Waals surface area contributed by atoms with Gasteiger partial charge in [0.25, 0.3) is 11.8 Å². The standard InChI is InChI=1S/C9H7NO4/c1-2-3-4-9(13)14-10-7(11)5-6-8(10)12/h5-6H,2H2,1H3. The second-order valence-electron chi connectivity index (χ2n) is 2.34. The third-order valence-corrected chi connectivity index (χ3v) is 1.31. The maximum atomic E-state index is 10.9. The quantitative estimate of drug-likeness (QED) is 0.426. The highest BCUT2D eigenvalue weighted by molar-refractivity contribution is 6.12. The van der Waals surface area contributed by atoms with E-state index in [9.17, 15) is 14.4 Å². The van der Waals surface area contributed by atoms with Gasteiger partial charge in [-0.1, -0.05) is 17.9 Å². The number of hydrogen-bond donors (Lipinski definition) is 0. The fourth-order valence-electron chi connectivity index (χ4n) is 0.743. The molecule has 0 spiro atoms. The molecule has 72 valence electrons. The lowest BCUT2D eigenvalue weighted by Gasteiger charge is -2.09. The summed E-state index contributed by atoms with van der Waals surface area (Å²) in [6.07, 6.45) is 2.53.